The van der Waals surface area contributed by atoms with E-state index in [1.165, 1.54) is 4.90 Å². The van der Waals surface area contributed by atoms with Crippen LogP contribution in [0.4, 0.5) is 4.79 Å². The zero-order chi connectivity index (χ0) is 15.6. The van der Waals surface area contributed by atoms with Crippen molar-refractivity contribution >= 4 is 23.6 Å². The summed E-state index contributed by atoms with van der Waals surface area (Å²) in [4.78, 5) is 25.6. The first-order valence-corrected chi connectivity index (χ1v) is 7.01. The molecule has 0 fully saturated rings. The van der Waals surface area contributed by atoms with Crippen LogP contribution in [0.1, 0.15) is 25.5 Å². The second-order valence-corrected chi connectivity index (χ2v) is 5.15. The minimum absolute atomic E-state index is 0.273. The van der Waals surface area contributed by atoms with E-state index in [0.717, 1.165) is 5.56 Å². The highest BCUT2D eigenvalue weighted by atomic mass is 35.5. The minimum atomic E-state index is -0.563. The normalized spacial score (nSPS) is 18.6. The molecule has 0 bridgehead atoms. The van der Waals surface area contributed by atoms with Crippen molar-refractivity contribution in [3.63, 3.8) is 0 Å². The zero-order valence-electron chi connectivity index (χ0n) is 12.1. The lowest BCUT2D eigenvalue weighted by Crippen LogP contribution is -2.46. The summed E-state index contributed by atoms with van der Waals surface area (Å²) >= 11 is 6.00. The molecule has 5 nitrogen and oxygen atoms in total. The summed E-state index contributed by atoms with van der Waals surface area (Å²) in [5.74, 6) is -0.438. The molecule has 1 aromatic rings. The van der Waals surface area contributed by atoms with Crippen molar-refractivity contribution in [3.05, 3.63) is 46.1 Å². The van der Waals surface area contributed by atoms with Gasteiger partial charge in [-0.05, 0) is 31.5 Å². The average Bonchev–Trinajstić information content (AvgIpc) is 2.44. The predicted molar refractivity (Wildman–Crippen MR) is 79.8 cm³/mol. The highest BCUT2D eigenvalue weighted by Crippen LogP contribution is 2.31. The van der Waals surface area contributed by atoms with Gasteiger partial charge in [0.05, 0.1) is 18.2 Å². The van der Waals surface area contributed by atoms with Crippen LogP contribution in [0, 0.1) is 0 Å². The van der Waals surface area contributed by atoms with E-state index in [0.29, 0.717) is 16.3 Å². The molecule has 0 spiro atoms. The van der Waals surface area contributed by atoms with E-state index in [1.807, 2.05) is 6.07 Å². The van der Waals surface area contributed by atoms with Gasteiger partial charge in [-0.3, -0.25) is 0 Å². The number of carbonyl (C=O) groups excluding carboxylic acids is 2. The van der Waals surface area contributed by atoms with E-state index < -0.39 is 12.0 Å². The Hall–Kier alpha value is -2.01. The van der Waals surface area contributed by atoms with E-state index in [-0.39, 0.29) is 12.6 Å². The summed E-state index contributed by atoms with van der Waals surface area (Å²) in [6.45, 7) is 3.74. The number of hydrogen-bond acceptors (Lipinski definition) is 3. The van der Waals surface area contributed by atoms with Gasteiger partial charge < -0.3 is 15.0 Å². The molecule has 1 aliphatic heterocycles. The van der Waals surface area contributed by atoms with Crippen LogP contribution in [0.3, 0.4) is 0 Å². The SMILES string of the molecule is CCOC(=O)C1=C(C)N(C)C(=O)NC1c1cccc(Cl)c1. The monoisotopic (exact) mass is 308 g/mol. The molecule has 6 heteroatoms. The zero-order valence-corrected chi connectivity index (χ0v) is 12.9. The fraction of sp³-hybridized carbons (Fsp3) is 0.333. The van der Waals surface area contributed by atoms with E-state index in [9.17, 15) is 9.59 Å². The van der Waals surface area contributed by atoms with Gasteiger partial charge in [-0.1, -0.05) is 23.7 Å². The first-order valence-electron chi connectivity index (χ1n) is 6.63. The Morgan fingerprint density at radius 1 is 1.48 bits per heavy atom. The van der Waals surface area contributed by atoms with Gasteiger partial charge in [0.1, 0.15) is 0 Å². The van der Waals surface area contributed by atoms with Crippen molar-refractivity contribution in [2.24, 2.45) is 0 Å². The third kappa shape index (κ3) is 3.03. The van der Waals surface area contributed by atoms with E-state index in [2.05, 4.69) is 5.32 Å². The first-order chi connectivity index (χ1) is 9.95. The second-order valence-electron chi connectivity index (χ2n) is 4.72. The fourth-order valence-electron chi connectivity index (χ4n) is 2.24. The molecule has 1 heterocycles. The number of allylic oxidation sites excluding steroid dienone is 1. The van der Waals surface area contributed by atoms with Gasteiger partial charge in [0.25, 0.3) is 0 Å². The highest BCUT2D eigenvalue weighted by molar-refractivity contribution is 6.30. The van der Waals surface area contributed by atoms with E-state index >= 15 is 0 Å². The Bertz CT molecular complexity index is 613. The van der Waals surface area contributed by atoms with Crippen LogP contribution < -0.4 is 5.32 Å². The van der Waals surface area contributed by atoms with Crippen molar-refractivity contribution in [3.8, 4) is 0 Å². The van der Waals surface area contributed by atoms with Crippen LogP contribution in [0.15, 0.2) is 35.5 Å². The number of nitrogens with zero attached hydrogens (tertiary/aromatic N) is 1. The van der Waals surface area contributed by atoms with Crippen molar-refractivity contribution in [1.29, 1.82) is 0 Å². The van der Waals surface area contributed by atoms with Crippen molar-refractivity contribution in [2.75, 3.05) is 13.7 Å². The largest absolute Gasteiger partial charge is 0.463 e. The molecule has 1 atom stereocenters. The molecular formula is C15H17ClN2O3. The number of nitrogens with one attached hydrogen (secondary N) is 1. The summed E-state index contributed by atoms with van der Waals surface area (Å²) in [6, 6.07) is 6.22. The van der Waals surface area contributed by atoms with Crippen LogP contribution in [-0.2, 0) is 9.53 Å². The van der Waals surface area contributed by atoms with Crippen LogP contribution in [0.5, 0.6) is 0 Å². The van der Waals surface area contributed by atoms with Crippen molar-refractivity contribution in [2.45, 2.75) is 19.9 Å². The molecule has 112 valence electrons. The Morgan fingerprint density at radius 2 is 2.19 bits per heavy atom. The quantitative estimate of drug-likeness (QED) is 0.874. The summed E-state index contributed by atoms with van der Waals surface area (Å²) < 4.78 is 5.11. The van der Waals surface area contributed by atoms with Crippen LogP contribution in [0.2, 0.25) is 5.02 Å². The van der Waals surface area contributed by atoms with Gasteiger partial charge in [0.15, 0.2) is 0 Å². The lowest BCUT2D eigenvalue weighted by atomic mass is 9.95. The molecule has 21 heavy (non-hydrogen) atoms. The minimum Gasteiger partial charge on any atom is -0.463 e. The molecule has 1 aromatic carbocycles. The number of rotatable bonds is 3. The van der Waals surface area contributed by atoms with Gasteiger partial charge in [0.2, 0.25) is 0 Å². The standard InChI is InChI=1S/C15H17ClN2O3/c1-4-21-14(19)12-9(2)18(3)15(20)17-13(12)10-6-5-7-11(16)8-10/h5-8,13H,4H2,1-3H3,(H,17,20). The Balaban J connectivity index is 2.51. The number of carbonyl (C=O) groups is 2. The number of halogens is 1. The molecule has 2 rings (SSSR count). The van der Waals surface area contributed by atoms with Gasteiger partial charge in [0, 0.05) is 17.8 Å². The van der Waals surface area contributed by atoms with Crippen molar-refractivity contribution in [1.82, 2.24) is 10.2 Å². The van der Waals surface area contributed by atoms with Crippen LogP contribution in [0.25, 0.3) is 0 Å². The third-order valence-electron chi connectivity index (χ3n) is 3.43. The summed E-state index contributed by atoms with van der Waals surface area (Å²) in [6.07, 6.45) is 0. The second kappa shape index (κ2) is 6.18. The molecule has 1 aliphatic rings. The summed E-state index contributed by atoms with van der Waals surface area (Å²) in [7, 11) is 1.61. The van der Waals surface area contributed by atoms with E-state index in [1.54, 1.807) is 39.1 Å². The fourth-order valence-corrected chi connectivity index (χ4v) is 2.44. The Kier molecular flexibility index (Phi) is 4.53. The average molecular weight is 309 g/mol. The van der Waals surface area contributed by atoms with Crippen LogP contribution in [-0.4, -0.2) is 30.6 Å². The first kappa shape index (κ1) is 15.4. The smallest absolute Gasteiger partial charge is 0.338 e. The maximum atomic E-state index is 12.2. The molecule has 0 radical (unpaired) electrons. The van der Waals surface area contributed by atoms with Crippen molar-refractivity contribution < 1.29 is 14.3 Å². The molecular weight excluding hydrogens is 292 g/mol. The van der Waals surface area contributed by atoms with Gasteiger partial charge in [-0.2, -0.15) is 0 Å². The lowest BCUT2D eigenvalue weighted by molar-refractivity contribution is -0.139. The number of urea groups is 1. The topological polar surface area (TPSA) is 58.6 Å². The summed E-state index contributed by atoms with van der Waals surface area (Å²) in [5, 5.41) is 3.34. The number of ether oxygens (including phenoxy) is 1. The molecule has 0 aliphatic carbocycles. The maximum Gasteiger partial charge on any atom is 0.338 e. The lowest BCUT2D eigenvalue weighted by Gasteiger charge is -2.33. The Morgan fingerprint density at radius 3 is 2.81 bits per heavy atom. The molecule has 2 amide bonds. The molecule has 1 unspecified atom stereocenters. The maximum absolute atomic E-state index is 12.2. The van der Waals surface area contributed by atoms with E-state index in [4.69, 9.17) is 16.3 Å². The number of esters is 1. The number of amides is 2. The Labute approximate surface area is 128 Å². The molecule has 0 aromatic heterocycles. The number of hydrogen-bond donors (Lipinski definition) is 1. The summed E-state index contributed by atoms with van der Waals surface area (Å²) in [5.41, 5.74) is 1.73. The predicted octanol–water partition coefficient (Wildman–Crippen LogP) is 2.87. The molecule has 0 saturated heterocycles. The third-order valence-corrected chi connectivity index (χ3v) is 3.67. The number of benzene rings is 1. The van der Waals surface area contributed by atoms with Gasteiger partial charge in [-0.25, -0.2) is 9.59 Å². The van der Waals surface area contributed by atoms with Crippen LogP contribution >= 0.6 is 11.6 Å². The molecule has 1 N–H and O–H groups in total. The van der Waals surface area contributed by atoms with Gasteiger partial charge >= 0.3 is 12.0 Å². The highest BCUT2D eigenvalue weighted by Gasteiger charge is 2.34. The molecule has 0 saturated carbocycles. The van der Waals surface area contributed by atoms with Gasteiger partial charge in [-0.15, -0.1) is 0 Å².